The molecule has 17 heavy (non-hydrogen) atoms. The van der Waals surface area contributed by atoms with Crippen molar-refractivity contribution >= 4 is 11.6 Å². The standard InChI is InChI=1S/C13H15N3O/c1-9-3-4-10(2)11(5-9)6-13(17)16-12-7-14-15-8-12/h3-5,7-8H,6H2,1-2H3,(H,14,15)(H,16,17). The summed E-state index contributed by atoms with van der Waals surface area (Å²) in [4.78, 5) is 11.8. The number of nitrogens with one attached hydrogen (secondary N) is 2. The number of rotatable bonds is 3. The lowest BCUT2D eigenvalue weighted by atomic mass is 10.0. The number of H-pyrrole nitrogens is 1. The molecule has 2 aromatic rings. The molecular weight excluding hydrogens is 214 g/mol. The van der Waals surface area contributed by atoms with E-state index in [1.54, 1.807) is 12.4 Å². The van der Waals surface area contributed by atoms with Gasteiger partial charge < -0.3 is 5.32 Å². The van der Waals surface area contributed by atoms with E-state index in [2.05, 4.69) is 15.5 Å². The van der Waals surface area contributed by atoms with Gasteiger partial charge in [-0.05, 0) is 25.0 Å². The van der Waals surface area contributed by atoms with Gasteiger partial charge in [-0.3, -0.25) is 9.89 Å². The maximum atomic E-state index is 11.8. The van der Waals surface area contributed by atoms with E-state index in [1.807, 2.05) is 32.0 Å². The summed E-state index contributed by atoms with van der Waals surface area (Å²) in [6, 6.07) is 6.13. The molecule has 0 unspecified atom stereocenters. The van der Waals surface area contributed by atoms with Gasteiger partial charge in [-0.1, -0.05) is 23.8 Å². The van der Waals surface area contributed by atoms with Crippen LogP contribution in [-0.2, 0) is 11.2 Å². The largest absolute Gasteiger partial charge is 0.323 e. The average molecular weight is 229 g/mol. The molecule has 0 aliphatic rings. The second-order valence-corrected chi connectivity index (χ2v) is 4.14. The third-order valence-corrected chi connectivity index (χ3v) is 2.64. The molecule has 4 nitrogen and oxygen atoms in total. The predicted molar refractivity (Wildman–Crippen MR) is 66.8 cm³/mol. The fraction of sp³-hybridized carbons (Fsp3) is 0.231. The van der Waals surface area contributed by atoms with Gasteiger partial charge in [0.2, 0.25) is 5.91 Å². The predicted octanol–water partition coefficient (Wildman–Crippen LogP) is 2.21. The third kappa shape index (κ3) is 2.93. The van der Waals surface area contributed by atoms with E-state index in [0.29, 0.717) is 12.1 Å². The topological polar surface area (TPSA) is 57.8 Å². The molecular formula is C13H15N3O. The molecule has 0 aliphatic heterocycles. The van der Waals surface area contributed by atoms with Crippen molar-refractivity contribution in [3.63, 3.8) is 0 Å². The van der Waals surface area contributed by atoms with Crippen LogP contribution in [0.25, 0.3) is 0 Å². The Balaban J connectivity index is 2.05. The Bertz CT molecular complexity index is 517. The van der Waals surface area contributed by atoms with Crippen molar-refractivity contribution in [1.29, 1.82) is 0 Å². The highest BCUT2D eigenvalue weighted by Crippen LogP contribution is 2.12. The highest BCUT2D eigenvalue weighted by Gasteiger charge is 2.07. The molecule has 0 saturated carbocycles. The monoisotopic (exact) mass is 229 g/mol. The van der Waals surface area contributed by atoms with Crippen LogP contribution in [0.1, 0.15) is 16.7 Å². The van der Waals surface area contributed by atoms with Crippen molar-refractivity contribution in [2.75, 3.05) is 5.32 Å². The van der Waals surface area contributed by atoms with Crippen LogP contribution in [0.15, 0.2) is 30.6 Å². The zero-order valence-corrected chi connectivity index (χ0v) is 9.95. The molecule has 0 spiro atoms. The molecule has 0 aliphatic carbocycles. The average Bonchev–Trinajstić information content (AvgIpc) is 2.76. The minimum absolute atomic E-state index is 0.0277. The van der Waals surface area contributed by atoms with Crippen LogP contribution >= 0.6 is 0 Å². The highest BCUT2D eigenvalue weighted by atomic mass is 16.1. The Morgan fingerprint density at radius 3 is 2.94 bits per heavy atom. The van der Waals surface area contributed by atoms with Gasteiger partial charge in [-0.2, -0.15) is 5.10 Å². The third-order valence-electron chi connectivity index (χ3n) is 2.64. The zero-order valence-electron chi connectivity index (χ0n) is 9.95. The number of aromatic amines is 1. The Kier molecular flexibility index (Phi) is 3.23. The summed E-state index contributed by atoms with van der Waals surface area (Å²) in [6.07, 6.45) is 3.63. The molecule has 0 radical (unpaired) electrons. The lowest BCUT2D eigenvalue weighted by molar-refractivity contribution is -0.115. The number of aromatic nitrogens is 2. The van der Waals surface area contributed by atoms with Crippen molar-refractivity contribution in [3.8, 4) is 0 Å². The van der Waals surface area contributed by atoms with Gasteiger partial charge in [0.1, 0.15) is 0 Å². The molecule has 1 aromatic carbocycles. The molecule has 4 heteroatoms. The summed E-state index contributed by atoms with van der Waals surface area (Å²) in [5, 5.41) is 9.21. The number of benzene rings is 1. The first-order valence-corrected chi connectivity index (χ1v) is 5.50. The van der Waals surface area contributed by atoms with Crippen molar-refractivity contribution in [3.05, 3.63) is 47.3 Å². The quantitative estimate of drug-likeness (QED) is 0.847. The Morgan fingerprint density at radius 1 is 1.41 bits per heavy atom. The maximum absolute atomic E-state index is 11.8. The summed E-state index contributed by atoms with van der Waals surface area (Å²) >= 11 is 0. The van der Waals surface area contributed by atoms with Crippen molar-refractivity contribution in [2.24, 2.45) is 0 Å². The van der Waals surface area contributed by atoms with Crippen molar-refractivity contribution < 1.29 is 4.79 Å². The smallest absolute Gasteiger partial charge is 0.228 e. The summed E-state index contributed by atoms with van der Waals surface area (Å²) < 4.78 is 0. The molecule has 1 amide bonds. The van der Waals surface area contributed by atoms with Crippen LogP contribution in [-0.4, -0.2) is 16.1 Å². The van der Waals surface area contributed by atoms with Gasteiger partial charge in [0, 0.05) is 6.20 Å². The number of aryl methyl sites for hydroxylation is 2. The summed E-state index contributed by atoms with van der Waals surface area (Å²) in [5.74, 6) is -0.0277. The van der Waals surface area contributed by atoms with Crippen LogP contribution < -0.4 is 5.32 Å². The first kappa shape index (κ1) is 11.4. The molecule has 0 saturated heterocycles. The first-order valence-electron chi connectivity index (χ1n) is 5.50. The normalized spacial score (nSPS) is 10.2. The molecule has 2 rings (SSSR count). The van der Waals surface area contributed by atoms with E-state index in [4.69, 9.17) is 0 Å². The number of anilines is 1. The van der Waals surface area contributed by atoms with Crippen LogP contribution in [0.3, 0.4) is 0 Å². The van der Waals surface area contributed by atoms with Gasteiger partial charge in [0.05, 0.1) is 18.3 Å². The van der Waals surface area contributed by atoms with E-state index >= 15 is 0 Å². The molecule has 0 atom stereocenters. The summed E-state index contributed by atoms with van der Waals surface area (Å²) in [7, 11) is 0. The van der Waals surface area contributed by atoms with Crippen LogP contribution in [0.2, 0.25) is 0 Å². The number of hydrogen-bond acceptors (Lipinski definition) is 2. The van der Waals surface area contributed by atoms with E-state index in [9.17, 15) is 4.79 Å². The zero-order chi connectivity index (χ0) is 12.3. The molecule has 0 fully saturated rings. The van der Waals surface area contributed by atoms with Crippen LogP contribution in [0, 0.1) is 13.8 Å². The lowest BCUT2D eigenvalue weighted by Crippen LogP contribution is -2.14. The molecule has 1 heterocycles. The minimum Gasteiger partial charge on any atom is -0.323 e. The molecule has 2 N–H and O–H groups in total. The van der Waals surface area contributed by atoms with Gasteiger partial charge in [-0.25, -0.2) is 0 Å². The molecule has 1 aromatic heterocycles. The van der Waals surface area contributed by atoms with E-state index in [-0.39, 0.29) is 5.91 Å². The van der Waals surface area contributed by atoms with Gasteiger partial charge in [0.25, 0.3) is 0 Å². The SMILES string of the molecule is Cc1ccc(C)c(CC(=O)Nc2cn[nH]c2)c1. The first-order chi connectivity index (χ1) is 8.15. The number of hydrogen-bond donors (Lipinski definition) is 2. The Morgan fingerprint density at radius 2 is 2.24 bits per heavy atom. The van der Waals surface area contributed by atoms with E-state index < -0.39 is 0 Å². The summed E-state index contributed by atoms with van der Waals surface area (Å²) in [6.45, 7) is 4.04. The minimum atomic E-state index is -0.0277. The molecule has 0 bridgehead atoms. The van der Waals surface area contributed by atoms with E-state index in [1.165, 1.54) is 5.56 Å². The lowest BCUT2D eigenvalue weighted by Gasteiger charge is -2.07. The summed E-state index contributed by atoms with van der Waals surface area (Å²) in [5.41, 5.74) is 4.06. The Labute approximate surface area is 100 Å². The van der Waals surface area contributed by atoms with Gasteiger partial charge >= 0.3 is 0 Å². The second-order valence-electron chi connectivity index (χ2n) is 4.14. The van der Waals surface area contributed by atoms with Gasteiger partial charge in [-0.15, -0.1) is 0 Å². The number of carbonyl (C=O) groups excluding carboxylic acids is 1. The van der Waals surface area contributed by atoms with Gasteiger partial charge in [0.15, 0.2) is 0 Å². The number of nitrogens with zero attached hydrogens (tertiary/aromatic N) is 1. The maximum Gasteiger partial charge on any atom is 0.228 e. The van der Waals surface area contributed by atoms with Crippen molar-refractivity contribution in [2.45, 2.75) is 20.3 Å². The number of carbonyl (C=O) groups is 1. The number of amides is 1. The second kappa shape index (κ2) is 4.82. The van der Waals surface area contributed by atoms with Crippen molar-refractivity contribution in [1.82, 2.24) is 10.2 Å². The fourth-order valence-electron chi connectivity index (χ4n) is 1.69. The highest BCUT2D eigenvalue weighted by molar-refractivity contribution is 5.92. The van der Waals surface area contributed by atoms with Crippen LogP contribution in [0.5, 0.6) is 0 Å². The molecule has 88 valence electrons. The van der Waals surface area contributed by atoms with Crippen LogP contribution in [0.4, 0.5) is 5.69 Å². The Hall–Kier alpha value is -2.10. The van der Waals surface area contributed by atoms with E-state index in [0.717, 1.165) is 11.1 Å². The fourth-order valence-corrected chi connectivity index (χ4v) is 1.69.